The second-order valence-corrected chi connectivity index (χ2v) is 5.77. The van der Waals surface area contributed by atoms with Gasteiger partial charge in [0.15, 0.2) is 0 Å². The maximum atomic E-state index is 9.86. The summed E-state index contributed by atoms with van der Waals surface area (Å²) in [7, 11) is 0. The van der Waals surface area contributed by atoms with Crippen molar-refractivity contribution in [3.63, 3.8) is 0 Å². The standard InChI is InChI=1S/C13H18BrNO4/c14-8-3-1-7(2-4-8)5-15-10-9(6-16)11(17)13(19)12(10)18/h1-4,9-13,15-19H,5-6H2/t9-,10+,11+,12-,13-/m0/s1. The number of hydrogen-bond donors (Lipinski definition) is 5. The lowest BCUT2D eigenvalue weighted by Crippen LogP contribution is -2.43. The van der Waals surface area contributed by atoms with E-state index in [0.717, 1.165) is 10.0 Å². The fourth-order valence-corrected chi connectivity index (χ4v) is 2.73. The van der Waals surface area contributed by atoms with Gasteiger partial charge in [-0.3, -0.25) is 0 Å². The molecule has 0 heterocycles. The molecule has 1 aliphatic carbocycles. The number of aliphatic hydroxyl groups is 4. The molecule has 1 fully saturated rings. The van der Waals surface area contributed by atoms with Crippen molar-refractivity contribution in [3.8, 4) is 0 Å². The highest BCUT2D eigenvalue weighted by atomic mass is 79.9. The number of hydrogen-bond acceptors (Lipinski definition) is 5. The molecule has 1 aliphatic rings. The number of rotatable bonds is 4. The average Bonchev–Trinajstić information content (AvgIpc) is 2.62. The van der Waals surface area contributed by atoms with E-state index < -0.39 is 30.3 Å². The van der Waals surface area contributed by atoms with Crippen molar-refractivity contribution in [3.05, 3.63) is 34.3 Å². The molecule has 2 rings (SSSR count). The van der Waals surface area contributed by atoms with Crippen LogP contribution in [0.1, 0.15) is 5.56 Å². The molecule has 106 valence electrons. The van der Waals surface area contributed by atoms with E-state index in [9.17, 15) is 20.4 Å². The van der Waals surface area contributed by atoms with Crippen molar-refractivity contribution in [1.29, 1.82) is 0 Å². The zero-order valence-corrected chi connectivity index (χ0v) is 11.9. The van der Waals surface area contributed by atoms with Crippen LogP contribution >= 0.6 is 15.9 Å². The van der Waals surface area contributed by atoms with Gasteiger partial charge >= 0.3 is 0 Å². The van der Waals surface area contributed by atoms with Crippen molar-refractivity contribution < 1.29 is 20.4 Å². The van der Waals surface area contributed by atoms with Gasteiger partial charge in [0.05, 0.1) is 18.8 Å². The quantitative estimate of drug-likeness (QED) is 0.518. The van der Waals surface area contributed by atoms with Gasteiger partial charge in [-0.25, -0.2) is 0 Å². The van der Waals surface area contributed by atoms with E-state index in [4.69, 9.17) is 0 Å². The van der Waals surface area contributed by atoms with Crippen molar-refractivity contribution >= 4 is 15.9 Å². The van der Waals surface area contributed by atoms with Crippen LogP contribution in [0.3, 0.4) is 0 Å². The number of halogens is 1. The van der Waals surface area contributed by atoms with Gasteiger partial charge in [0.1, 0.15) is 6.10 Å². The number of aliphatic hydroxyl groups excluding tert-OH is 4. The first-order chi connectivity index (χ1) is 9.04. The minimum atomic E-state index is -1.22. The molecule has 5 N–H and O–H groups in total. The smallest absolute Gasteiger partial charge is 0.108 e. The van der Waals surface area contributed by atoms with Crippen molar-refractivity contribution in [2.45, 2.75) is 30.9 Å². The fourth-order valence-electron chi connectivity index (χ4n) is 2.47. The van der Waals surface area contributed by atoms with E-state index in [2.05, 4.69) is 21.2 Å². The molecule has 0 saturated heterocycles. The zero-order valence-electron chi connectivity index (χ0n) is 10.3. The van der Waals surface area contributed by atoms with E-state index in [1.54, 1.807) is 0 Å². The summed E-state index contributed by atoms with van der Waals surface area (Å²) >= 11 is 3.35. The maximum Gasteiger partial charge on any atom is 0.108 e. The second-order valence-electron chi connectivity index (χ2n) is 4.85. The molecule has 19 heavy (non-hydrogen) atoms. The van der Waals surface area contributed by atoms with Gasteiger partial charge < -0.3 is 25.7 Å². The largest absolute Gasteiger partial charge is 0.396 e. The Morgan fingerprint density at radius 1 is 1.00 bits per heavy atom. The van der Waals surface area contributed by atoms with Crippen molar-refractivity contribution in [1.82, 2.24) is 5.32 Å². The zero-order chi connectivity index (χ0) is 14.0. The summed E-state index contributed by atoms with van der Waals surface area (Å²) in [6, 6.07) is 7.15. The minimum Gasteiger partial charge on any atom is -0.396 e. The summed E-state index contributed by atoms with van der Waals surface area (Å²) in [4.78, 5) is 0. The molecule has 0 aliphatic heterocycles. The van der Waals surface area contributed by atoms with Gasteiger partial charge in [-0.1, -0.05) is 28.1 Å². The molecule has 0 unspecified atom stereocenters. The fraction of sp³-hybridized carbons (Fsp3) is 0.538. The molecule has 0 aromatic heterocycles. The summed E-state index contributed by atoms with van der Waals surface area (Å²) in [6.07, 6.45) is -3.41. The SMILES string of the molecule is OC[C@@H]1[C@@H](O)[C@H](O)[C@@H](O)[C@@H]1NCc1ccc(Br)cc1. The molecule has 1 aromatic rings. The Balaban J connectivity index is 1.99. The predicted octanol–water partition coefficient (Wildman–Crippen LogP) is -0.388. The second kappa shape index (κ2) is 6.30. The lowest BCUT2D eigenvalue weighted by atomic mass is 10.0. The normalized spacial score (nSPS) is 34.7. The Hall–Kier alpha value is -0.500. The lowest BCUT2D eigenvalue weighted by molar-refractivity contribution is -0.0312. The van der Waals surface area contributed by atoms with Crippen LogP contribution in [0.5, 0.6) is 0 Å². The first kappa shape index (κ1) is 14.9. The third-order valence-corrected chi connectivity index (χ3v) is 4.16. The monoisotopic (exact) mass is 331 g/mol. The predicted molar refractivity (Wildman–Crippen MR) is 73.4 cm³/mol. The third-order valence-electron chi connectivity index (χ3n) is 3.63. The van der Waals surface area contributed by atoms with Crippen molar-refractivity contribution in [2.75, 3.05) is 6.61 Å². The molecule has 1 saturated carbocycles. The molecule has 1 aromatic carbocycles. The Morgan fingerprint density at radius 3 is 2.21 bits per heavy atom. The first-order valence-corrected chi connectivity index (χ1v) is 6.96. The number of nitrogens with one attached hydrogen (secondary N) is 1. The van der Waals surface area contributed by atoms with Crippen molar-refractivity contribution in [2.24, 2.45) is 5.92 Å². The lowest BCUT2D eigenvalue weighted by Gasteiger charge is -2.22. The van der Waals surface area contributed by atoms with E-state index in [1.165, 1.54) is 0 Å². The van der Waals surface area contributed by atoms with E-state index in [0.29, 0.717) is 6.54 Å². The average molecular weight is 332 g/mol. The molecule has 5 atom stereocenters. The highest BCUT2D eigenvalue weighted by Gasteiger charge is 2.48. The van der Waals surface area contributed by atoms with Gasteiger partial charge in [0.25, 0.3) is 0 Å². The summed E-state index contributed by atoms with van der Waals surface area (Å²) in [6.45, 7) is 0.207. The topological polar surface area (TPSA) is 93.0 Å². The van der Waals surface area contributed by atoms with E-state index in [1.807, 2.05) is 24.3 Å². The summed E-state index contributed by atoms with van der Waals surface area (Å²) in [5, 5.41) is 41.5. The summed E-state index contributed by atoms with van der Waals surface area (Å²) in [5.74, 6) is -0.569. The third kappa shape index (κ3) is 3.16. The molecule has 0 radical (unpaired) electrons. The molecule has 0 spiro atoms. The van der Waals surface area contributed by atoms with Gasteiger partial charge in [0.2, 0.25) is 0 Å². The van der Waals surface area contributed by atoms with Crippen LogP contribution < -0.4 is 5.32 Å². The Bertz CT molecular complexity index is 414. The van der Waals surface area contributed by atoms with Crippen LogP contribution in [-0.2, 0) is 6.54 Å². The molecule has 0 bridgehead atoms. The van der Waals surface area contributed by atoms with Crippen LogP contribution in [0.2, 0.25) is 0 Å². The number of benzene rings is 1. The summed E-state index contributed by atoms with van der Waals surface area (Å²) < 4.78 is 0.983. The Morgan fingerprint density at radius 2 is 1.63 bits per heavy atom. The van der Waals surface area contributed by atoms with Crippen LogP contribution in [-0.4, -0.2) is 51.4 Å². The highest BCUT2D eigenvalue weighted by molar-refractivity contribution is 9.10. The van der Waals surface area contributed by atoms with Gasteiger partial charge in [-0.15, -0.1) is 0 Å². The van der Waals surface area contributed by atoms with Gasteiger partial charge in [0, 0.05) is 23.0 Å². The highest BCUT2D eigenvalue weighted by Crippen LogP contribution is 2.27. The molecular formula is C13H18BrNO4. The molecule has 6 heteroatoms. The van der Waals surface area contributed by atoms with Crippen LogP contribution in [0, 0.1) is 5.92 Å². The molecule has 0 amide bonds. The van der Waals surface area contributed by atoms with Crippen LogP contribution in [0.15, 0.2) is 28.7 Å². The Labute approximate surface area is 120 Å². The van der Waals surface area contributed by atoms with Gasteiger partial charge in [-0.2, -0.15) is 0 Å². The van der Waals surface area contributed by atoms with Gasteiger partial charge in [-0.05, 0) is 17.7 Å². The first-order valence-electron chi connectivity index (χ1n) is 6.17. The molecular weight excluding hydrogens is 314 g/mol. The summed E-state index contributed by atoms with van der Waals surface area (Å²) in [5.41, 5.74) is 1.02. The van der Waals surface area contributed by atoms with Crippen LogP contribution in [0.4, 0.5) is 0 Å². The van der Waals surface area contributed by atoms with Crippen LogP contribution in [0.25, 0.3) is 0 Å². The minimum absolute atomic E-state index is 0.284. The Kier molecular flexibility index (Phi) is 4.94. The maximum absolute atomic E-state index is 9.86. The molecule has 5 nitrogen and oxygen atoms in total. The van der Waals surface area contributed by atoms with E-state index >= 15 is 0 Å². The van der Waals surface area contributed by atoms with E-state index in [-0.39, 0.29) is 6.61 Å².